The van der Waals surface area contributed by atoms with Crippen molar-refractivity contribution >= 4 is 17.5 Å². The summed E-state index contributed by atoms with van der Waals surface area (Å²) < 4.78 is 0. The number of amides is 2. The van der Waals surface area contributed by atoms with Crippen molar-refractivity contribution in [2.75, 3.05) is 18.4 Å². The van der Waals surface area contributed by atoms with Gasteiger partial charge in [-0.3, -0.25) is 9.59 Å². The first-order chi connectivity index (χ1) is 9.49. The maximum absolute atomic E-state index is 12.1. The van der Waals surface area contributed by atoms with Gasteiger partial charge in [0.05, 0.1) is 5.41 Å². The lowest BCUT2D eigenvalue weighted by molar-refractivity contribution is -0.129. The summed E-state index contributed by atoms with van der Waals surface area (Å²) in [4.78, 5) is 23.1. The zero-order valence-corrected chi connectivity index (χ0v) is 12.0. The van der Waals surface area contributed by atoms with Gasteiger partial charge in [0.1, 0.15) is 0 Å². The molecule has 0 bridgehead atoms. The van der Waals surface area contributed by atoms with E-state index in [0.29, 0.717) is 6.54 Å². The van der Waals surface area contributed by atoms with Crippen LogP contribution in [0.2, 0.25) is 0 Å². The maximum Gasteiger partial charge on any atom is 0.227 e. The van der Waals surface area contributed by atoms with Gasteiger partial charge in [-0.25, -0.2) is 0 Å². The van der Waals surface area contributed by atoms with Crippen LogP contribution in [0.5, 0.6) is 0 Å². The van der Waals surface area contributed by atoms with Gasteiger partial charge in [-0.15, -0.1) is 0 Å². The van der Waals surface area contributed by atoms with E-state index in [0.717, 1.165) is 30.8 Å². The molecule has 1 heterocycles. The largest absolute Gasteiger partial charge is 0.352 e. The second kappa shape index (κ2) is 6.05. The summed E-state index contributed by atoms with van der Waals surface area (Å²) in [6.45, 7) is 5.61. The summed E-state index contributed by atoms with van der Waals surface area (Å²) in [6, 6.07) is 7.48. The Balaban J connectivity index is 1.87. The van der Waals surface area contributed by atoms with Crippen LogP contribution in [0.1, 0.15) is 25.8 Å². The van der Waals surface area contributed by atoms with Gasteiger partial charge in [-0.2, -0.15) is 0 Å². The molecule has 0 spiro atoms. The van der Waals surface area contributed by atoms with Crippen LogP contribution in [0, 0.1) is 5.41 Å². The molecule has 5 heteroatoms. The van der Waals surface area contributed by atoms with E-state index in [1.54, 1.807) is 0 Å². The fraction of sp³-hybridized carbons (Fsp3) is 0.467. The van der Waals surface area contributed by atoms with Gasteiger partial charge in [0.15, 0.2) is 0 Å². The molecular formula is C15H21N3O2. The van der Waals surface area contributed by atoms with E-state index in [-0.39, 0.29) is 17.2 Å². The zero-order chi connectivity index (χ0) is 14.6. The van der Waals surface area contributed by atoms with Crippen molar-refractivity contribution < 1.29 is 9.59 Å². The SMILES string of the molecule is CC(=O)Nc1ccc(CNC(=O)C2(C)CCNC2)cc1. The number of hydrogen-bond acceptors (Lipinski definition) is 3. The average molecular weight is 275 g/mol. The predicted molar refractivity (Wildman–Crippen MR) is 78.2 cm³/mol. The minimum absolute atomic E-state index is 0.0901. The molecule has 0 radical (unpaired) electrons. The van der Waals surface area contributed by atoms with E-state index in [4.69, 9.17) is 0 Å². The monoisotopic (exact) mass is 275 g/mol. The van der Waals surface area contributed by atoms with E-state index in [1.807, 2.05) is 31.2 Å². The van der Waals surface area contributed by atoms with E-state index in [2.05, 4.69) is 16.0 Å². The van der Waals surface area contributed by atoms with Crippen molar-refractivity contribution in [2.24, 2.45) is 5.41 Å². The highest BCUT2D eigenvalue weighted by Crippen LogP contribution is 2.24. The van der Waals surface area contributed by atoms with E-state index in [1.165, 1.54) is 6.92 Å². The normalized spacial score (nSPS) is 21.5. The molecule has 0 saturated carbocycles. The molecule has 108 valence electrons. The van der Waals surface area contributed by atoms with E-state index >= 15 is 0 Å². The van der Waals surface area contributed by atoms with Crippen LogP contribution in [0.3, 0.4) is 0 Å². The zero-order valence-electron chi connectivity index (χ0n) is 12.0. The van der Waals surface area contributed by atoms with Crippen LogP contribution in [-0.4, -0.2) is 24.9 Å². The molecule has 1 aromatic rings. The van der Waals surface area contributed by atoms with Crippen LogP contribution in [0.25, 0.3) is 0 Å². The number of nitrogens with one attached hydrogen (secondary N) is 3. The molecule has 1 saturated heterocycles. The molecule has 0 aromatic heterocycles. The van der Waals surface area contributed by atoms with Crippen LogP contribution in [-0.2, 0) is 16.1 Å². The van der Waals surface area contributed by atoms with Gasteiger partial charge in [-0.05, 0) is 37.6 Å². The minimum atomic E-state index is -0.296. The van der Waals surface area contributed by atoms with Crippen LogP contribution in [0.4, 0.5) is 5.69 Å². The van der Waals surface area contributed by atoms with Gasteiger partial charge in [0.25, 0.3) is 0 Å². The molecule has 3 N–H and O–H groups in total. The molecule has 2 rings (SSSR count). The third-order valence-electron chi connectivity index (χ3n) is 3.64. The Hall–Kier alpha value is -1.88. The van der Waals surface area contributed by atoms with Gasteiger partial charge in [-0.1, -0.05) is 12.1 Å². The molecule has 1 fully saturated rings. The number of rotatable bonds is 4. The Morgan fingerprint density at radius 2 is 2.00 bits per heavy atom. The predicted octanol–water partition coefficient (Wildman–Crippen LogP) is 1.26. The van der Waals surface area contributed by atoms with Gasteiger partial charge >= 0.3 is 0 Å². The van der Waals surface area contributed by atoms with E-state index in [9.17, 15) is 9.59 Å². The first-order valence-corrected chi connectivity index (χ1v) is 6.85. The molecule has 1 aromatic carbocycles. The van der Waals surface area contributed by atoms with Crippen molar-refractivity contribution in [1.29, 1.82) is 0 Å². The maximum atomic E-state index is 12.1. The first kappa shape index (κ1) is 14.5. The Morgan fingerprint density at radius 1 is 1.30 bits per heavy atom. The van der Waals surface area contributed by atoms with Crippen molar-refractivity contribution in [2.45, 2.75) is 26.8 Å². The number of hydrogen-bond donors (Lipinski definition) is 3. The minimum Gasteiger partial charge on any atom is -0.352 e. The van der Waals surface area contributed by atoms with Crippen LogP contribution in [0.15, 0.2) is 24.3 Å². The third kappa shape index (κ3) is 3.57. The molecule has 1 aliphatic heterocycles. The van der Waals surface area contributed by atoms with Crippen LogP contribution >= 0.6 is 0 Å². The molecule has 5 nitrogen and oxygen atoms in total. The van der Waals surface area contributed by atoms with Crippen molar-refractivity contribution in [3.05, 3.63) is 29.8 Å². The molecule has 2 amide bonds. The number of anilines is 1. The molecular weight excluding hydrogens is 254 g/mol. The Kier molecular flexibility index (Phi) is 4.39. The first-order valence-electron chi connectivity index (χ1n) is 6.85. The second-order valence-corrected chi connectivity index (χ2v) is 5.55. The number of carbonyl (C=O) groups is 2. The quantitative estimate of drug-likeness (QED) is 0.775. The van der Waals surface area contributed by atoms with Crippen molar-refractivity contribution in [1.82, 2.24) is 10.6 Å². The molecule has 1 atom stereocenters. The molecule has 1 unspecified atom stereocenters. The molecule has 20 heavy (non-hydrogen) atoms. The third-order valence-corrected chi connectivity index (χ3v) is 3.64. The smallest absolute Gasteiger partial charge is 0.227 e. The molecule has 1 aliphatic rings. The summed E-state index contributed by atoms with van der Waals surface area (Å²) in [5.41, 5.74) is 1.48. The van der Waals surface area contributed by atoms with Gasteiger partial charge < -0.3 is 16.0 Å². The summed E-state index contributed by atoms with van der Waals surface area (Å²) in [6.07, 6.45) is 0.875. The summed E-state index contributed by atoms with van der Waals surface area (Å²) in [7, 11) is 0. The topological polar surface area (TPSA) is 70.2 Å². The summed E-state index contributed by atoms with van der Waals surface area (Å²) in [5, 5.41) is 8.90. The second-order valence-electron chi connectivity index (χ2n) is 5.55. The van der Waals surface area contributed by atoms with Gasteiger partial charge in [0.2, 0.25) is 11.8 Å². The highest BCUT2D eigenvalue weighted by Gasteiger charge is 2.35. The highest BCUT2D eigenvalue weighted by atomic mass is 16.2. The fourth-order valence-electron chi connectivity index (χ4n) is 2.32. The Labute approximate surface area is 119 Å². The lowest BCUT2D eigenvalue weighted by Crippen LogP contribution is -2.39. The van der Waals surface area contributed by atoms with Gasteiger partial charge in [0, 0.05) is 25.7 Å². The van der Waals surface area contributed by atoms with Crippen molar-refractivity contribution in [3.8, 4) is 0 Å². The number of benzene rings is 1. The lowest BCUT2D eigenvalue weighted by atomic mass is 9.89. The Morgan fingerprint density at radius 3 is 2.55 bits per heavy atom. The van der Waals surface area contributed by atoms with Crippen LogP contribution < -0.4 is 16.0 Å². The summed E-state index contributed by atoms with van der Waals surface area (Å²) in [5.74, 6) is 0.00106. The average Bonchev–Trinajstić information content (AvgIpc) is 2.85. The fourth-order valence-corrected chi connectivity index (χ4v) is 2.32. The molecule has 0 aliphatic carbocycles. The summed E-state index contributed by atoms with van der Waals surface area (Å²) >= 11 is 0. The standard InChI is InChI=1S/C15H21N3O2/c1-11(19)18-13-5-3-12(4-6-13)9-17-14(20)15(2)7-8-16-10-15/h3-6,16H,7-10H2,1-2H3,(H,17,20)(H,18,19). The van der Waals surface area contributed by atoms with E-state index < -0.39 is 0 Å². The number of carbonyl (C=O) groups excluding carboxylic acids is 2. The lowest BCUT2D eigenvalue weighted by Gasteiger charge is -2.21. The highest BCUT2D eigenvalue weighted by molar-refractivity contribution is 5.88. The van der Waals surface area contributed by atoms with Crippen molar-refractivity contribution in [3.63, 3.8) is 0 Å². The Bertz CT molecular complexity index is 490.